The van der Waals surface area contributed by atoms with Gasteiger partial charge in [0.05, 0.1) is 6.10 Å². The third kappa shape index (κ3) is 3.55. The Balaban J connectivity index is 1.45. The predicted octanol–water partition coefficient (Wildman–Crippen LogP) is 6.36. The summed E-state index contributed by atoms with van der Waals surface area (Å²) in [4.78, 5) is 0. The average Bonchev–Trinajstić information content (AvgIpc) is 3.12. The first-order valence-corrected chi connectivity index (χ1v) is 12.0. The van der Waals surface area contributed by atoms with Crippen LogP contribution in [-0.4, -0.2) is 22.4 Å². The number of fused-ring (bicyclic) bond motifs is 5. The molecule has 4 aliphatic rings. The summed E-state index contributed by atoms with van der Waals surface area (Å²) in [6.07, 6.45) is 9.08. The Kier molecular flexibility index (Phi) is 4.03. The molecule has 3 saturated carbocycles. The molecule has 0 radical (unpaired) electrons. The van der Waals surface area contributed by atoms with Crippen LogP contribution in [0.2, 0.25) is 0 Å². The molecule has 9 atom stereocenters. The summed E-state index contributed by atoms with van der Waals surface area (Å²) in [5.74, 6) is 0.187. The van der Waals surface area contributed by atoms with Crippen LogP contribution in [0.15, 0.2) is 11.6 Å². The van der Waals surface area contributed by atoms with Crippen LogP contribution in [-0.2, 0) is 0 Å². The molecule has 0 saturated heterocycles. The Bertz CT molecular complexity index is 838. The van der Waals surface area contributed by atoms with Gasteiger partial charge in [0.25, 0.3) is 0 Å². The van der Waals surface area contributed by atoms with Crippen molar-refractivity contribution in [2.45, 2.75) is 111 Å². The zero-order chi connectivity index (χ0) is 26.9. The highest BCUT2D eigenvalue weighted by atomic mass is 16.3. The summed E-state index contributed by atoms with van der Waals surface area (Å²) in [6.45, 7) is 1.32. The molecule has 0 aromatic rings. The fourth-order valence-electron chi connectivity index (χ4n) is 8.50. The Morgan fingerprint density at radius 3 is 2.66 bits per heavy atom. The minimum absolute atomic E-state index is 0.0331. The Morgan fingerprint density at radius 2 is 1.90 bits per heavy atom. The van der Waals surface area contributed by atoms with Crippen molar-refractivity contribution < 1.29 is 19.8 Å². The van der Waals surface area contributed by atoms with Crippen molar-refractivity contribution >= 4 is 0 Å². The van der Waals surface area contributed by atoms with Crippen molar-refractivity contribution in [1.82, 2.24) is 0 Å². The SMILES string of the molecule is [2H]C([2H])([2H])C([2H])(CCC[C@@H](C)[C@H]1CC[C@H]2[C@@H]3CC=C4[C@H](O)[C@@H](O)CC[C@]4(C)[C@H]3CC[C@]12C)C([2H])([2H])[2H]. The summed E-state index contributed by atoms with van der Waals surface area (Å²) in [6, 6.07) is 0. The lowest BCUT2D eigenvalue weighted by molar-refractivity contribution is -0.0801. The van der Waals surface area contributed by atoms with Gasteiger partial charge in [-0.2, -0.15) is 0 Å². The van der Waals surface area contributed by atoms with Crippen molar-refractivity contribution in [3.8, 4) is 0 Å². The molecule has 4 rings (SSSR count). The molecular formula is C27H46O2. The van der Waals surface area contributed by atoms with Gasteiger partial charge in [-0.15, -0.1) is 0 Å². The van der Waals surface area contributed by atoms with E-state index in [9.17, 15) is 10.2 Å². The fraction of sp³-hybridized carbons (Fsp3) is 0.926. The largest absolute Gasteiger partial charge is 0.390 e. The molecule has 0 aromatic carbocycles. The number of aliphatic hydroxyl groups excluding tert-OH is 2. The molecular weight excluding hydrogens is 356 g/mol. The van der Waals surface area contributed by atoms with E-state index in [4.69, 9.17) is 9.60 Å². The summed E-state index contributed by atoms with van der Waals surface area (Å²) < 4.78 is 54.4. The zero-order valence-electron chi connectivity index (χ0n) is 25.6. The van der Waals surface area contributed by atoms with Crippen LogP contribution in [0.5, 0.6) is 0 Å². The van der Waals surface area contributed by atoms with Gasteiger partial charge in [-0.1, -0.05) is 59.8 Å². The van der Waals surface area contributed by atoms with Gasteiger partial charge in [0, 0.05) is 9.60 Å². The standard InChI is InChI=1S/C27H46O2/c1-17(2)7-6-8-18(3)20-11-12-21-19-9-10-23-25(29)24(28)14-16-27(23,5)22(19)13-15-26(20,21)4/h10,17-22,24-25,28-29H,6-9,11-16H2,1-5H3/t18-,19+,20-,21+,22+,24+,25+,26-,27-/m1/s1/i1D3,2D3,17D. The minimum Gasteiger partial charge on any atom is -0.390 e. The van der Waals surface area contributed by atoms with Gasteiger partial charge in [-0.05, 0) is 96.8 Å². The molecule has 2 N–H and O–H groups in total. The van der Waals surface area contributed by atoms with Crippen LogP contribution in [0.4, 0.5) is 0 Å². The van der Waals surface area contributed by atoms with E-state index < -0.39 is 31.8 Å². The molecule has 0 heterocycles. The van der Waals surface area contributed by atoms with Crippen molar-refractivity contribution in [3.63, 3.8) is 0 Å². The highest BCUT2D eigenvalue weighted by Crippen LogP contribution is 2.67. The number of aliphatic hydroxyl groups is 2. The van der Waals surface area contributed by atoms with Crippen molar-refractivity contribution in [2.24, 2.45) is 46.3 Å². The second-order valence-electron chi connectivity index (χ2n) is 11.3. The van der Waals surface area contributed by atoms with E-state index in [1.807, 2.05) is 0 Å². The lowest BCUT2D eigenvalue weighted by Crippen LogP contribution is -2.53. The molecule has 166 valence electrons. The van der Waals surface area contributed by atoms with E-state index in [-0.39, 0.29) is 17.3 Å². The molecule has 3 fully saturated rings. The van der Waals surface area contributed by atoms with Crippen LogP contribution in [0, 0.1) is 46.3 Å². The van der Waals surface area contributed by atoms with Crippen molar-refractivity contribution in [3.05, 3.63) is 11.6 Å². The maximum absolute atomic E-state index is 10.7. The molecule has 2 heteroatoms. The highest BCUT2D eigenvalue weighted by Gasteiger charge is 2.60. The van der Waals surface area contributed by atoms with Crippen LogP contribution in [0.1, 0.15) is 108 Å². The predicted molar refractivity (Wildman–Crippen MR) is 120 cm³/mol. The van der Waals surface area contributed by atoms with Crippen LogP contribution in [0.25, 0.3) is 0 Å². The lowest BCUT2D eigenvalue weighted by Gasteiger charge is -2.59. The van der Waals surface area contributed by atoms with Crippen molar-refractivity contribution in [1.29, 1.82) is 0 Å². The molecule has 0 aromatic heterocycles. The Labute approximate surface area is 189 Å². The first kappa shape index (κ1) is 14.7. The molecule has 0 amide bonds. The van der Waals surface area contributed by atoms with Crippen LogP contribution >= 0.6 is 0 Å². The average molecular weight is 410 g/mol. The van der Waals surface area contributed by atoms with Crippen molar-refractivity contribution in [2.75, 3.05) is 0 Å². The number of allylic oxidation sites excluding steroid dienone is 1. The van der Waals surface area contributed by atoms with Crippen LogP contribution in [0.3, 0.4) is 0 Å². The quantitative estimate of drug-likeness (QED) is 0.519. The first-order valence-electron chi connectivity index (χ1n) is 15.5. The van der Waals surface area contributed by atoms with Gasteiger partial charge in [0.2, 0.25) is 0 Å². The van der Waals surface area contributed by atoms with Crippen LogP contribution < -0.4 is 0 Å². The third-order valence-corrected chi connectivity index (χ3v) is 10.0. The summed E-state index contributed by atoms with van der Waals surface area (Å²) >= 11 is 0. The number of hydrogen-bond acceptors (Lipinski definition) is 2. The van der Waals surface area contributed by atoms with E-state index in [0.717, 1.165) is 44.1 Å². The van der Waals surface area contributed by atoms with Gasteiger partial charge in [-0.3, -0.25) is 0 Å². The molecule has 0 spiro atoms. The zero-order valence-corrected chi connectivity index (χ0v) is 18.6. The molecule has 2 nitrogen and oxygen atoms in total. The minimum atomic E-state index is -2.84. The summed E-state index contributed by atoms with van der Waals surface area (Å²) in [5, 5.41) is 21.0. The van der Waals surface area contributed by atoms with Gasteiger partial charge in [0.15, 0.2) is 0 Å². The van der Waals surface area contributed by atoms with Gasteiger partial charge < -0.3 is 10.2 Å². The van der Waals surface area contributed by atoms with Gasteiger partial charge in [-0.25, -0.2) is 0 Å². The van der Waals surface area contributed by atoms with Gasteiger partial charge >= 0.3 is 0 Å². The summed E-state index contributed by atoms with van der Waals surface area (Å²) in [5.41, 5.74) is 1.24. The molecule has 0 unspecified atom stereocenters. The van der Waals surface area contributed by atoms with E-state index in [2.05, 4.69) is 26.8 Å². The second kappa shape index (κ2) is 7.97. The number of rotatable bonds is 5. The van der Waals surface area contributed by atoms with E-state index in [1.54, 1.807) is 0 Å². The van der Waals surface area contributed by atoms with E-state index >= 15 is 0 Å². The third-order valence-electron chi connectivity index (χ3n) is 10.0. The Morgan fingerprint density at radius 1 is 1.10 bits per heavy atom. The molecule has 0 bridgehead atoms. The maximum atomic E-state index is 10.7. The Hall–Kier alpha value is -0.340. The molecule has 0 aliphatic heterocycles. The molecule has 29 heavy (non-hydrogen) atoms. The number of hydrogen-bond donors (Lipinski definition) is 2. The van der Waals surface area contributed by atoms with E-state index in [0.29, 0.717) is 42.4 Å². The fourth-order valence-corrected chi connectivity index (χ4v) is 8.50. The first-order chi connectivity index (χ1) is 16.5. The topological polar surface area (TPSA) is 40.5 Å². The maximum Gasteiger partial charge on any atom is 0.101 e. The highest BCUT2D eigenvalue weighted by molar-refractivity contribution is 5.29. The second-order valence-corrected chi connectivity index (χ2v) is 11.3. The normalized spacial score (nSPS) is 52.7. The summed E-state index contributed by atoms with van der Waals surface area (Å²) in [7, 11) is 0. The lowest BCUT2D eigenvalue weighted by atomic mass is 9.46. The van der Waals surface area contributed by atoms with Gasteiger partial charge in [0.1, 0.15) is 6.10 Å². The smallest absolute Gasteiger partial charge is 0.101 e. The van der Waals surface area contributed by atoms with E-state index in [1.165, 1.54) is 6.42 Å². The molecule has 4 aliphatic carbocycles. The monoisotopic (exact) mass is 409 g/mol.